The first-order chi connectivity index (χ1) is 12.6. The van der Waals surface area contributed by atoms with Gasteiger partial charge in [-0.05, 0) is 42.5 Å². The molecular formula is C20H21FN4O. The molecule has 26 heavy (non-hydrogen) atoms. The Bertz CT molecular complexity index is 792. The molecule has 2 aromatic rings. The summed E-state index contributed by atoms with van der Waals surface area (Å²) in [5, 5.41) is 11.7. The molecular weight excluding hydrogens is 331 g/mol. The quantitative estimate of drug-likeness (QED) is 0.899. The molecule has 134 valence electrons. The fourth-order valence-corrected chi connectivity index (χ4v) is 3.03. The van der Waals surface area contributed by atoms with Gasteiger partial charge in [0.25, 0.3) is 0 Å². The van der Waals surface area contributed by atoms with Crippen molar-refractivity contribution in [3.05, 3.63) is 59.9 Å². The van der Waals surface area contributed by atoms with Crippen molar-refractivity contribution < 1.29 is 9.18 Å². The lowest BCUT2D eigenvalue weighted by Gasteiger charge is -2.36. The number of benzene rings is 2. The SMILES string of the molecule is N#Cc1cccc(NC(=O)CCN2CCN(c3ccc(F)cc3)CC2)c1. The molecule has 0 atom stereocenters. The maximum absolute atomic E-state index is 13.0. The van der Waals surface area contributed by atoms with E-state index < -0.39 is 0 Å². The summed E-state index contributed by atoms with van der Waals surface area (Å²) in [6, 6.07) is 15.5. The number of halogens is 1. The third kappa shape index (κ3) is 4.80. The molecule has 1 aliphatic heterocycles. The van der Waals surface area contributed by atoms with E-state index in [9.17, 15) is 9.18 Å². The number of piperazine rings is 1. The number of nitriles is 1. The molecule has 0 radical (unpaired) electrons. The van der Waals surface area contributed by atoms with E-state index in [1.807, 2.05) is 0 Å². The van der Waals surface area contributed by atoms with Crippen molar-refractivity contribution in [3.63, 3.8) is 0 Å². The van der Waals surface area contributed by atoms with Gasteiger partial charge in [-0.3, -0.25) is 9.69 Å². The number of anilines is 2. The Labute approximate surface area is 152 Å². The summed E-state index contributed by atoms with van der Waals surface area (Å²) in [4.78, 5) is 16.6. The highest BCUT2D eigenvalue weighted by Crippen LogP contribution is 2.17. The van der Waals surface area contributed by atoms with Crippen LogP contribution >= 0.6 is 0 Å². The van der Waals surface area contributed by atoms with Crippen molar-refractivity contribution >= 4 is 17.3 Å². The number of amides is 1. The van der Waals surface area contributed by atoms with Crippen molar-refractivity contribution in [2.24, 2.45) is 0 Å². The minimum atomic E-state index is -0.223. The summed E-state index contributed by atoms with van der Waals surface area (Å²) in [6.45, 7) is 4.15. The fourth-order valence-electron chi connectivity index (χ4n) is 3.03. The molecule has 1 heterocycles. The van der Waals surface area contributed by atoms with Gasteiger partial charge < -0.3 is 10.2 Å². The molecule has 1 aliphatic rings. The summed E-state index contributed by atoms with van der Waals surface area (Å²) in [5.41, 5.74) is 2.20. The van der Waals surface area contributed by atoms with Gasteiger partial charge in [-0.1, -0.05) is 6.07 Å². The number of rotatable bonds is 5. The standard InChI is InChI=1S/C20H21FN4O/c21-17-4-6-19(7-5-17)25-12-10-24(11-13-25)9-8-20(26)23-18-3-1-2-16(14-18)15-22/h1-7,14H,8-13H2,(H,23,26). The molecule has 5 nitrogen and oxygen atoms in total. The maximum Gasteiger partial charge on any atom is 0.225 e. The molecule has 1 N–H and O–H groups in total. The first kappa shape index (κ1) is 17.9. The van der Waals surface area contributed by atoms with Gasteiger partial charge in [0.05, 0.1) is 11.6 Å². The Kier molecular flexibility index (Phi) is 5.82. The second-order valence-electron chi connectivity index (χ2n) is 6.30. The van der Waals surface area contributed by atoms with Gasteiger partial charge in [0.1, 0.15) is 5.82 Å². The topological polar surface area (TPSA) is 59.4 Å². The molecule has 3 rings (SSSR count). The smallest absolute Gasteiger partial charge is 0.225 e. The van der Waals surface area contributed by atoms with Crippen LogP contribution in [0.4, 0.5) is 15.8 Å². The van der Waals surface area contributed by atoms with E-state index in [0.29, 0.717) is 24.2 Å². The maximum atomic E-state index is 13.0. The molecule has 6 heteroatoms. The van der Waals surface area contributed by atoms with Gasteiger partial charge in [-0.25, -0.2) is 4.39 Å². The van der Waals surface area contributed by atoms with Crippen LogP contribution in [0.1, 0.15) is 12.0 Å². The zero-order valence-electron chi connectivity index (χ0n) is 14.5. The van der Waals surface area contributed by atoms with Crippen molar-refractivity contribution in [1.29, 1.82) is 5.26 Å². The Morgan fingerprint density at radius 2 is 1.85 bits per heavy atom. The zero-order chi connectivity index (χ0) is 18.4. The number of hydrogen-bond acceptors (Lipinski definition) is 4. The third-order valence-electron chi connectivity index (χ3n) is 4.49. The highest BCUT2D eigenvalue weighted by atomic mass is 19.1. The van der Waals surface area contributed by atoms with Crippen molar-refractivity contribution in [2.75, 3.05) is 42.9 Å². The van der Waals surface area contributed by atoms with Crippen molar-refractivity contribution in [3.8, 4) is 6.07 Å². The van der Waals surface area contributed by atoms with Crippen molar-refractivity contribution in [2.45, 2.75) is 6.42 Å². The van der Waals surface area contributed by atoms with Crippen LogP contribution in [0.25, 0.3) is 0 Å². The normalized spacial score (nSPS) is 14.7. The second-order valence-corrected chi connectivity index (χ2v) is 6.30. The summed E-state index contributed by atoms with van der Waals surface area (Å²) >= 11 is 0. The fraction of sp³-hybridized carbons (Fsp3) is 0.300. The minimum Gasteiger partial charge on any atom is -0.369 e. The van der Waals surface area contributed by atoms with Crippen LogP contribution in [0, 0.1) is 17.1 Å². The second kappa shape index (κ2) is 8.45. The van der Waals surface area contributed by atoms with Crippen LogP contribution in [0.15, 0.2) is 48.5 Å². The molecule has 0 bridgehead atoms. The summed E-state index contributed by atoms with van der Waals surface area (Å²) in [5.74, 6) is -0.278. The molecule has 0 spiro atoms. The van der Waals surface area contributed by atoms with Gasteiger partial charge in [-0.15, -0.1) is 0 Å². The molecule has 0 aromatic heterocycles. The largest absolute Gasteiger partial charge is 0.369 e. The van der Waals surface area contributed by atoms with E-state index >= 15 is 0 Å². The van der Waals surface area contributed by atoms with E-state index in [0.717, 1.165) is 31.9 Å². The molecule has 1 fully saturated rings. The molecule has 1 amide bonds. The molecule has 1 saturated heterocycles. The monoisotopic (exact) mass is 352 g/mol. The molecule has 0 saturated carbocycles. The number of hydrogen-bond donors (Lipinski definition) is 1. The summed E-state index contributed by atoms with van der Waals surface area (Å²) < 4.78 is 13.0. The predicted molar refractivity (Wildman–Crippen MR) is 99.5 cm³/mol. The lowest BCUT2D eigenvalue weighted by Crippen LogP contribution is -2.47. The van der Waals surface area contributed by atoms with E-state index in [4.69, 9.17) is 5.26 Å². The van der Waals surface area contributed by atoms with Gasteiger partial charge in [-0.2, -0.15) is 5.26 Å². The van der Waals surface area contributed by atoms with Gasteiger partial charge >= 0.3 is 0 Å². The first-order valence-corrected chi connectivity index (χ1v) is 8.67. The molecule has 0 aliphatic carbocycles. The zero-order valence-corrected chi connectivity index (χ0v) is 14.5. The predicted octanol–water partition coefficient (Wildman–Crippen LogP) is 2.85. The van der Waals surface area contributed by atoms with E-state index in [-0.39, 0.29) is 11.7 Å². The van der Waals surface area contributed by atoms with E-state index in [2.05, 4.69) is 21.2 Å². The van der Waals surface area contributed by atoms with Crippen LogP contribution in [0.2, 0.25) is 0 Å². The van der Waals surface area contributed by atoms with Crippen LogP contribution in [-0.4, -0.2) is 43.5 Å². The third-order valence-corrected chi connectivity index (χ3v) is 4.49. The van der Waals surface area contributed by atoms with Gasteiger partial charge in [0.15, 0.2) is 0 Å². The van der Waals surface area contributed by atoms with Crippen LogP contribution in [-0.2, 0) is 4.79 Å². The van der Waals surface area contributed by atoms with Gasteiger partial charge in [0, 0.05) is 50.5 Å². The molecule has 0 unspecified atom stereocenters. The van der Waals surface area contributed by atoms with Crippen molar-refractivity contribution in [1.82, 2.24) is 4.90 Å². The Balaban J connectivity index is 1.42. The van der Waals surface area contributed by atoms with E-state index in [1.54, 1.807) is 36.4 Å². The molecule has 2 aromatic carbocycles. The minimum absolute atomic E-state index is 0.0546. The average Bonchev–Trinajstić information content (AvgIpc) is 2.67. The lowest BCUT2D eigenvalue weighted by atomic mass is 10.2. The average molecular weight is 352 g/mol. The summed E-state index contributed by atoms with van der Waals surface area (Å²) in [7, 11) is 0. The highest BCUT2D eigenvalue weighted by molar-refractivity contribution is 5.90. The Hall–Kier alpha value is -2.91. The lowest BCUT2D eigenvalue weighted by molar-refractivity contribution is -0.116. The highest BCUT2D eigenvalue weighted by Gasteiger charge is 2.17. The van der Waals surface area contributed by atoms with Crippen LogP contribution in [0.5, 0.6) is 0 Å². The number of carbonyl (C=O) groups excluding carboxylic acids is 1. The number of nitrogens with zero attached hydrogens (tertiary/aromatic N) is 3. The van der Waals surface area contributed by atoms with Gasteiger partial charge in [0.2, 0.25) is 5.91 Å². The summed E-state index contributed by atoms with van der Waals surface area (Å²) in [6.07, 6.45) is 0.410. The Morgan fingerprint density at radius 1 is 1.12 bits per heavy atom. The first-order valence-electron chi connectivity index (χ1n) is 8.67. The van der Waals surface area contributed by atoms with Crippen LogP contribution in [0.3, 0.4) is 0 Å². The van der Waals surface area contributed by atoms with Crippen LogP contribution < -0.4 is 10.2 Å². The Morgan fingerprint density at radius 3 is 2.54 bits per heavy atom. The van der Waals surface area contributed by atoms with E-state index in [1.165, 1.54) is 12.1 Å². The number of nitrogens with one attached hydrogen (secondary N) is 1. The number of carbonyl (C=O) groups is 1.